The highest BCUT2D eigenvalue weighted by molar-refractivity contribution is 7.99. The van der Waals surface area contributed by atoms with Gasteiger partial charge in [-0.3, -0.25) is 19.3 Å². The highest BCUT2D eigenvalue weighted by Crippen LogP contribution is 2.29. The minimum atomic E-state index is -1.14. The first-order chi connectivity index (χ1) is 15.9. The van der Waals surface area contributed by atoms with Crippen molar-refractivity contribution in [2.24, 2.45) is 5.92 Å². The smallest absolute Gasteiger partial charge is 0.330 e. The number of anilines is 1. The minimum absolute atomic E-state index is 0.221. The van der Waals surface area contributed by atoms with Gasteiger partial charge >= 0.3 is 5.97 Å². The summed E-state index contributed by atoms with van der Waals surface area (Å²) in [6.07, 6.45) is 0.517. The second kappa shape index (κ2) is 10.8. The summed E-state index contributed by atoms with van der Waals surface area (Å²) in [6.45, 7) is 3.01. The van der Waals surface area contributed by atoms with Gasteiger partial charge in [-0.2, -0.15) is 5.26 Å². The first kappa shape index (κ1) is 24.0. The summed E-state index contributed by atoms with van der Waals surface area (Å²) in [5, 5.41) is 11.4. The summed E-state index contributed by atoms with van der Waals surface area (Å²) >= 11 is 1.27. The number of carbonyl (C=O) groups is 4. The van der Waals surface area contributed by atoms with E-state index in [1.807, 2.05) is 13.0 Å². The highest BCUT2D eigenvalue weighted by atomic mass is 32.2. The van der Waals surface area contributed by atoms with Crippen LogP contribution in [-0.2, 0) is 14.3 Å². The molecule has 3 rings (SSSR count). The number of hydrogen-bond donors (Lipinski definition) is 1. The zero-order valence-corrected chi connectivity index (χ0v) is 19.1. The number of thioether (sulfide) groups is 1. The van der Waals surface area contributed by atoms with Crippen LogP contribution in [0.3, 0.4) is 0 Å². The van der Waals surface area contributed by atoms with Crippen molar-refractivity contribution in [1.82, 2.24) is 4.90 Å². The molecule has 0 fully saturated rings. The van der Waals surface area contributed by atoms with Gasteiger partial charge in [0.1, 0.15) is 6.04 Å². The molecular weight excluding hydrogens is 442 g/mol. The molecule has 0 aromatic heterocycles. The molecule has 1 aliphatic rings. The maximum atomic E-state index is 12.9. The van der Waals surface area contributed by atoms with E-state index in [0.717, 1.165) is 4.90 Å². The van der Waals surface area contributed by atoms with E-state index in [2.05, 4.69) is 5.32 Å². The fourth-order valence-electron chi connectivity index (χ4n) is 3.49. The molecule has 9 heteroatoms. The van der Waals surface area contributed by atoms with Crippen LogP contribution in [0.15, 0.2) is 53.4 Å². The second-order valence-electron chi connectivity index (χ2n) is 7.46. The van der Waals surface area contributed by atoms with Crippen LogP contribution in [0.2, 0.25) is 0 Å². The number of amides is 3. The van der Waals surface area contributed by atoms with E-state index in [0.29, 0.717) is 17.0 Å². The summed E-state index contributed by atoms with van der Waals surface area (Å²) < 4.78 is 5.23. The van der Waals surface area contributed by atoms with Crippen LogP contribution in [0.1, 0.15) is 41.0 Å². The predicted molar refractivity (Wildman–Crippen MR) is 123 cm³/mol. The Hall–Kier alpha value is -3.64. The summed E-state index contributed by atoms with van der Waals surface area (Å²) in [5.74, 6) is -2.64. The third kappa shape index (κ3) is 5.23. The Balaban J connectivity index is 1.70. The van der Waals surface area contributed by atoms with Crippen molar-refractivity contribution in [2.45, 2.75) is 31.2 Å². The number of para-hydroxylation sites is 1. The summed E-state index contributed by atoms with van der Waals surface area (Å²) in [4.78, 5) is 52.8. The summed E-state index contributed by atoms with van der Waals surface area (Å²) in [5.41, 5.74) is 0.985. The number of fused-ring (bicyclic) bond motifs is 1. The molecule has 1 N–H and O–H groups in total. The van der Waals surface area contributed by atoms with Crippen molar-refractivity contribution < 1.29 is 23.9 Å². The molecule has 170 valence electrons. The molecule has 2 aromatic carbocycles. The number of benzene rings is 2. The van der Waals surface area contributed by atoms with E-state index in [-0.39, 0.29) is 22.8 Å². The van der Waals surface area contributed by atoms with Gasteiger partial charge in [0, 0.05) is 4.90 Å². The maximum Gasteiger partial charge on any atom is 0.330 e. The number of ether oxygens (including phenoxy) is 1. The van der Waals surface area contributed by atoms with E-state index in [1.165, 1.54) is 11.8 Å². The lowest BCUT2D eigenvalue weighted by atomic mass is 9.97. The van der Waals surface area contributed by atoms with Crippen molar-refractivity contribution in [3.63, 3.8) is 0 Å². The fraction of sp³-hybridized carbons (Fsp3) is 0.292. The first-order valence-corrected chi connectivity index (χ1v) is 11.4. The van der Waals surface area contributed by atoms with Crippen molar-refractivity contribution >= 4 is 41.1 Å². The van der Waals surface area contributed by atoms with Crippen LogP contribution in [-0.4, -0.2) is 47.0 Å². The van der Waals surface area contributed by atoms with E-state index in [9.17, 15) is 19.2 Å². The number of nitriles is 1. The van der Waals surface area contributed by atoms with Gasteiger partial charge < -0.3 is 10.1 Å². The van der Waals surface area contributed by atoms with Gasteiger partial charge in [0.05, 0.1) is 28.6 Å². The van der Waals surface area contributed by atoms with Crippen molar-refractivity contribution in [3.05, 3.63) is 59.7 Å². The van der Waals surface area contributed by atoms with E-state index in [1.54, 1.807) is 55.5 Å². The monoisotopic (exact) mass is 465 g/mol. The number of esters is 1. The van der Waals surface area contributed by atoms with Crippen molar-refractivity contribution in [2.75, 3.05) is 17.7 Å². The molecule has 1 heterocycles. The molecule has 0 aliphatic carbocycles. The van der Waals surface area contributed by atoms with Crippen LogP contribution in [0.5, 0.6) is 0 Å². The predicted octanol–water partition coefficient (Wildman–Crippen LogP) is 3.49. The van der Waals surface area contributed by atoms with Gasteiger partial charge in [-0.05, 0) is 30.2 Å². The Labute approximate surface area is 195 Å². The number of carbonyl (C=O) groups excluding carboxylic acids is 4. The zero-order valence-electron chi connectivity index (χ0n) is 18.2. The normalized spacial score (nSPS) is 14.3. The number of nitrogens with one attached hydrogen (secondary N) is 1. The van der Waals surface area contributed by atoms with Crippen molar-refractivity contribution in [1.29, 1.82) is 5.26 Å². The molecule has 2 aromatic rings. The molecule has 2 unspecified atom stereocenters. The lowest BCUT2D eigenvalue weighted by Gasteiger charge is -2.28. The third-order valence-corrected chi connectivity index (χ3v) is 6.27. The van der Waals surface area contributed by atoms with Crippen LogP contribution in [0.25, 0.3) is 0 Å². The molecule has 0 saturated heterocycles. The average molecular weight is 466 g/mol. The Bertz CT molecular complexity index is 1090. The molecule has 0 bridgehead atoms. The topological polar surface area (TPSA) is 117 Å². The first-order valence-electron chi connectivity index (χ1n) is 10.4. The molecule has 0 saturated carbocycles. The molecule has 8 nitrogen and oxygen atoms in total. The zero-order chi connectivity index (χ0) is 24.0. The molecule has 0 radical (unpaired) electrons. The molecule has 1 aliphatic heterocycles. The Morgan fingerprint density at radius 1 is 1.09 bits per heavy atom. The van der Waals surface area contributed by atoms with Crippen LogP contribution in [0, 0.1) is 17.2 Å². The standard InChI is InChI=1S/C24H23N3O5S/c1-3-15(2)21(27-22(29)16-8-4-5-9-17(16)23(27)30)24(31)32-14-20(28)26-18-10-6-7-11-19(18)33-13-12-25/h4-11,15,21H,3,13-14H2,1-2H3,(H,26,28). The number of imide groups is 1. The highest BCUT2D eigenvalue weighted by Gasteiger charge is 2.45. The SMILES string of the molecule is CCC(C)C(C(=O)OCC(=O)Nc1ccccc1SCC#N)N1C(=O)c2ccccc2C1=O. The van der Waals surface area contributed by atoms with Gasteiger partial charge in [-0.1, -0.05) is 44.5 Å². The van der Waals surface area contributed by atoms with E-state index >= 15 is 0 Å². The van der Waals surface area contributed by atoms with E-state index < -0.39 is 36.3 Å². The number of nitrogens with zero attached hydrogens (tertiary/aromatic N) is 2. The van der Waals surface area contributed by atoms with Crippen molar-refractivity contribution in [3.8, 4) is 6.07 Å². The Morgan fingerprint density at radius 2 is 1.70 bits per heavy atom. The summed E-state index contributed by atoms with van der Waals surface area (Å²) in [7, 11) is 0. The van der Waals surface area contributed by atoms with Gasteiger partial charge in [-0.15, -0.1) is 11.8 Å². The van der Waals surface area contributed by atoms with Crippen LogP contribution >= 0.6 is 11.8 Å². The maximum absolute atomic E-state index is 12.9. The van der Waals surface area contributed by atoms with E-state index in [4.69, 9.17) is 10.00 Å². The number of hydrogen-bond acceptors (Lipinski definition) is 7. The fourth-order valence-corrected chi connectivity index (χ4v) is 4.16. The second-order valence-corrected chi connectivity index (χ2v) is 8.47. The van der Waals surface area contributed by atoms with Gasteiger partial charge in [-0.25, -0.2) is 4.79 Å². The molecular formula is C24H23N3O5S. The van der Waals surface area contributed by atoms with Gasteiger partial charge in [0.2, 0.25) is 0 Å². The average Bonchev–Trinajstić information content (AvgIpc) is 3.07. The van der Waals surface area contributed by atoms with Crippen LogP contribution in [0.4, 0.5) is 5.69 Å². The molecule has 2 atom stereocenters. The quantitative estimate of drug-likeness (QED) is 0.342. The molecule has 3 amide bonds. The van der Waals surface area contributed by atoms with Gasteiger partial charge in [0.25, 0.3) is 17.7 Å². The van der Waals surface area contributed by atoms with Crippen LogP contribution < -0.4 is 5.32 Å². The minimum Gasteiger partial charge on any atom is -0.454 e. The lowest BCUT2D eigenvalue weighted by Crippen LogP contribution is -2.49. The molecule has 33 heavy (non-hydrogen) atoms. The third-order valence-electron chi connectivity index (χ3n) is 5.33. The largest absolute Gasteiger partial charge is 0.454 e. The number of rotatable bonds is 9. The van der Waals surface area contributed by atoms with Gasteiger partial charge in [0.15, 0.2) is 6.61 Å². The molecule has 0 spiro atoms. The Kier molecular flexibility index (Phi) is 7.85. The summed E-state index contributed by atoms with van der Waals surface area (Å²) in [6, 6.07) is 14.3. The Morgan fingerprint density at radius 3 is 2.30 bits per heavy atom. The lowest BCUT2D eigenvalue weighted by molar-refractivity contribution is -0.152.